The summed E-state index contributed by atoms with van der Waals surface area (Å²) in [7, 11) is 0. The van der Waals surface area contributed by atoms with Gasteiger partial charge in [0.1, 0.15) is 5.60 Å². The summed E-state index contributed by atoms with van der Waals surface area (Å²) >= 11 is 0. The normalized spacial score (nSPS) is 41.3. The number of ether oxygens (including phenoxy) is 2. The summed E-state index contributed by atoms with van der Waals surface area (Å²) < 4.78 is 11.3. The van der Waals surface area contributed by atoms with Gasteiger partial charge < -0.3 is 15.3 Å². The van der Waals surface area contributed by atoms with E-state index in [0.717, 1.165) is 38.2 Å². The fraction of sp³-hybridized carbons (Fsp3) is 0.889. The number of rotatable bonds is 2. The summed E-state index contributed by atoms with van der Waals surface area (Å²) in [6.45, 7) is 3.54. The molecule has 1 spiro atoms. The van der Waals surface area contributed by atoms with E-state index in [1.165, 1.54) is 0 Å². The molecule has 0 unspecified atom stereocenters. The first-order chi connectivity index (χ1) is 6.33. The average molecular weight is 184 g/mol. The Balaban J connectivity index is 2.10. The van der Waals surface area contributed by atoms with Crippen molar-refractivity contribution in [3.8, 4) is 0 Å². The van der Waals surface area contributed by atoms with Crippen LogP contribution in [0.15, 0.2) is 5.10 Å². The molecule has 74 valence electrons. The Kier molecular flexibility index (Phi) is 2.26. The molecule has 1 saturated carbocycles. The van der Waals surface area contributed by atoms with Gasteiger partial charge in [-0.15, -0.1) is 0 Å². The van der Waals surface area contributed by atoms with Gasteiger partial charge in [-0.2, -0.15) is 5.10 Å². The van der Waals surface area contributed by atoms with Crippen LogP contribution in [0.1, 0.15) is 26.2 Å². The highest BCUT2D eigenvalue weighted by molar-refractivity contribution is 6.00. The predicted octanol–water partition coefficient (Wildman–Crippen LogP) is 0.659. The van der Waals surface area contributed by atoms with Crippen LogP contribution in [0.2, 0.25) is 0 Å². The molecule has 0 radical (unpaired) electrons. The summed E-state index contributed by atoms with van der Waals surface area (Å²) in [5.74, 6) is 5.30. The molecule has 1 aliphatic heterocycles. The quantitative estimate of drug-likeness (QED) is 0.506. The maximum absolute atomic E-state index is 5.71. The van der Waals surface area contributed by atoms with Crippen LogP contribution < -0.4 is 5.84 Å². The Hall–Kier alpha value is -0.610. The lowest BCUT2D eigenvalue weighted by Gasteiger charge is -2.46. The van der Waals surface area contributed by atoms with E-state index in [4.69, 9.17) is 15.3 Å². The maximum atomic E-state index is 5.71. The third kappa shape index (κ3) is 1.16. The van der Waals surface area contributed by atoms with Crippen LogP contribution in [0, 0.1) is 0 Å². The van der Waals surface area contributed by atoms with Crippen molar-refractivity contribution in [2.45, 2.75) is 37.9 Å². The molecule has 1 aliphatic carbocycles. The highest BCUT2D eigenvalue weighted by atomic mass is 16.6. The van der Waals surface area contributed by atoms with E-state index in [9.17, 15) is 0 Å². The molecule has 2 aliphatic rings. The van der Waals surface area contributed by atoms with Gasteiger partial charge in [-0.3, -0.25) is 0 Å². The van der Waals surface area contributed by atoms with Crippen molar-refractivity contribution in [3.63, 3.8) is 0 Å². The van der Waals surface area contributed by atoms with Gasteiger partial charge >= 0.3 is 0 Å². The first-order valence-electron chi connectivity index (χ1n) is 4.86. The van der Waals surface area contributed by atoms with Gasteiger partial charge in [0.25, 0.3) is 0 Å². The molecule has 13 heavy (non-hydrogen) atoms. The molecule has 4 nitrogen and oxygen atoms in total. The molecule has 2 N–H and O–H groups in total. The largest absolute Gasteiger partial charge is 0.375 e. The van der Waals surface area contributed by atoms with Crippen LogP contribution in [-0.2, 0) is 9.47 Å². The first kappa shape index (κ1) is 8.97. The molecule has 0 amide bonds. The minimum atomic E-state index is -0.245. The molecule has 1 saturated heterocycles. The van der Waals surface area contributed by atoms with Gasteiger partial charge in [-0.1, -0.05) is 0 Å². The number of hydrogen-bond acceptors (Lipinski definition) is 4. The fourth-order valence-corrected chi connectivity index (χ4v) is 2.27. The Morgan fingerprint density at radius 3 is 3.15 bits per heavy atom. The van der Waals surface area contributed by atoms with Gasteiger partial charge in [0.2, 0.25) is 0 Å². The number of hydrazone groups is 1. The zero-order valence-corrected chi connectivity index (χ0v) is 7.95. The van der Waals surface area contributed by atoms with Crippen LogP contribution in [0.3, 0.4) is 0 Å². The summed E-state index contributed by atoms with van der Waals surface area (Å²) in [4.78, 5) is 0. The monoisotopic (exact) mass is 184 g/mol. The van der Waals surface area contributed by atoms with Gasteiger partial charge in [0.05, 0.1) is 11.8 Å². The van der Waals surface area contributed by atoms with Crippen molar-refractivity contribution in [3.05, 3.63) is 0 Å². The van der Waals surface area contributed by atoms with E-state index < -0.39 is 0 Å². The topological polar surface area (TPSA) is 56.8 Å². The Morgan fingerprint density at radius 1 is 1.77 bits per heavy atom. The molecule has 2 atom stereocenters. The van der Waals surface area contributed by atoms with Crippen molar-refractivity contribution in [1.29, 1.82) is 0 Å². The highest BCUT2D eigenvalue weighted by Crippen LogP contribution is 2.43. The Bertz CT molecular complexity index is 222. The smallest absolute Gasteiger partial charge is 0.134 e. The van der Waals surface area contributed by atoms with E-state index in [2.05, 4.69) is 5.10 Å². The van der Waals surface area contributed by atoms with Gasteiger partial charge in [-0.25, -0.2) is 0 Å². The summed E-state index contributed by atoms with van der Waals surface area (Å²) in [5, 5.41) is 3.77. The van der Waals surface area contributed by atoms with Crippen molar-refractivity contribution >= 4 is 5.71 Å². The average Bonchev–Trinajstić information content (AvgIpc) is 2.62. The third-order valence-corrected chi connectivity index (χ3v) is 2.96. The van der Waals surface area contributed by atoms with Crippen molar-refractivity contribution < 1.29 is 9.47 Å². The van der Waals surface area contributed by atoms with Crippen molar-refractivity contribution in [1.82, 2.24) is 0 Å². The molecular formula is C9H16N2O2. The molecule has 1 heterocycles. The lowest BCUT2D eigenvalue weighted by atomic mass is 9.73. The predicted molar refractivity (Wildman–Crippen MR) is 49.6 cm³/mol. The lowest BCUT2D eigenvalue weighted by Crippen LogP contribution is -2.61. The zero-order valence-electron chi connectivity index (χ0n) is 7.95. The minimum absolute atomic E-state index is 0.183. The molecule has 0 aromatic heterocycles. The SMILES string of the molecule is CCO[C@@H]1C/C(=N\N)[C@]12CCCO2. The molecule has 0 bridgehead atoms. The molecular weight excluding hydrogens is 168 g/mol. The van der Waals surface area contributed by atoms with Crippen LogP contribution in [-0.4, -0.2) is 30.6 Å². The van der Waals surface area contributed by atoms with Crippen molar-refractivity contribution in [2.75, 3.05) is 13.2 Å². The summed E-state index contributed by atoms with van der Waals surface area (Å²) in [5.41, 5.74) is 0.730. The minimum Gasteiger partial charge on any atom is -0.375 e. The van der Waals surface area contributed by atoms with Crippen LogP contribution >= 0.6 is 0 Å². The fourth-order valence-electron chi connectivity index (χ4n) is 2.27. The van der Waals surface area contributed by atoms with E-state index in [1.807, 2.05) is 6.92 Å². The van der Waals surface area contributed by atoms with Crippen molar-refractivity contribution in [2.24, 2.45) is 10.9 Å². The standard InChI is InChI=1S/C9H16N2O2/c1-2-12-8-6-7(11-10)9(8)4-3-5-13-9/h8H,2-6,10H2,1H3/b11-7+/t8-,9-/m1/s1. The lowest BCUT2D eigenvalue weighted by molar-refractivity contribution is -0.102. The van der Waals surface area contributed by atoms with E-state index in [1.54, 1.807) is 0 Å². The Labute approximate surface area is 78.1 Å². The van der Waals surface area contributed by atoms with E-state index in [0.29, 0.717) is 0 Å². The summed E-state index contributed by atoms with van der Waals surface area (Å²) in [6.07, 6.45) is 3.11. The second-order valence-corrected chi connectivity index (χ2v) is 3.57. The second kappa shape index (κ2) is 3.27. The van der Waals surface area contributed by atoms with Gasteiger partial charge in [0.15, 0.2) is 0 Å². The third-order valence-electron chi connectivity index (χ3n) is 2.96. The maximum Gasteiger partial charge on any atom is 0.134 e. The zero-order chi connectivity index (χ0) is 9.31. The Morgan fingerprint density at radius 2 is 2.62 bits per heavy atom. The second-order valence-electron chi connectivity index (χ2n) is 3.57. The van der Waals surface area contributed by atoms with Crippen LogP contribution in [0.5, 0.6) is 0 Å². The molecule has 2 fully saturated rings. The van der Waals surface area contributed by atoms with Crippen LogP contribution in [0.4, 0.5) is 0 Å². The van der Waals surface area contributed by atoms with Crippen LogP contribution in [0.25, 0.3) is 0 Å². The van der Waals surface area contributed by atoms with E-state index in [-0.39, 0.29) is 11.7 Å². The number of hydrogen-bond donors (Lipinski definition) is 1. The molecule has 0 aromatic rings. The highest BCUT2D eigenvalue weighted by Gasteiger charge is 2.56. The summed E-state index contributed by atoms with van der Waals surface area (Å²) in [6, 6.07) is 0. The molecule has 4 heteroatoms. The number of nitrogens with two attached hydrogens (primary N) is 1. The molecule has 0 aromatic carbocycles. The molecule has 2 rings (SSSR count). The van der Waals surface area contributed by atoms with E-state index >= 15 is 0 Å². The first-order valence-corrected chi connectivity index (χ1v) is 4.86. The van der Waals surface area contributed by atoms with Gasteiger partial charge in [0, 0.05) is 19.6 Å². The number of nitrogens with zero attached hydrogens (tertiary/aromatic N) is 1. The van der Waals surface area contributed by atoms with Gasteiger partial charge in [-0.05, 0) is 19.8 Å².